The van der Waals surface area contributed by atoms with Crippen molar-refractivity contribution in [1.29, 1.82) is 0 Å². The molecular weight excluding hydrogens is 216 g/mol. The number of aromatic hydroxyl groups is 1. The van der Waals surface area contributed by atoms with Crippen LogP contribution in [0.3, 0.4) is 0 Å². The van der Waals surface area contributed by atoms with E-state index in [1.165, 1.54) is 7.11 Å². The molecule has 1 aromatic carbocycles. The van der Waals surface area contributed by atoms with Crippen LogP contribution >= 0.6 is 0 Å². The van der Waals surface area contributed by atoms with E-state index in [1.54, 1.807) is 18.2 Å². The summed E-state index contributed by atoms with van der Waals surface area (Å²) in [5.41, 5.74) is 1.00. The number of rotatable bonds is 6. The fraction of sp³-hybridized carbons (Fsp3) is 0.500. The molecule has 0 spiro atoms. The smallest absolute Gasteiger partial charge is 0.306 e. The van der Waals surface area contributed by atoms with Crippen molar-refractivity contribution in [3.8, 4) is 5.75 Å². The number of unbranched alkanes of at least 4 members (excludes halogenated alkanes) is 1. The number of methoxy groups -OCH3 is 1. The second-order valence-corrected chi connectivity index (χ2v) is 4.21. The number of hydrogen-bond donors (Lipinski definition) is 1. The van der Waals surface area contributed by atoms with Gasteiger partial charge in [0, 0.05) is 0 Å². The molecule has 0 amide bonds. The van der Waals surface area contributed by atoms with Gasteiger partial charge in [-0.25, -0.2) is 0 Å². The Bertz CT molecular complexity index is 360. The van der Waals surface area contributed by atoms with Gasteiger partial charge in [-0.2, -0.15) is 0 Å². The second kappa shape index (κ2) is 6.94. The zero-order valence-corrected chi connectivity index (χ0v) is 10.5. The number of ether oxygens (including phenoxy) is 1. The van der Waals surface area contributed by atoms with E-state index in [0.29, 0.717) is 6.42 Å². The van der Waals surface area contributed by atoms with Crippen LogP contribution in [0.25, 0.3) is 0 Å². The Hall–Kier alpha value is -1.51. The lowest BCUT2D eigenvalue weighted by atomic mass is 9.90. The van der Waals surface area contributed by atoms with E-state index >= 15 is 0 Å². The Morgan fingerprint density at radius 2 is 2.24 bits per heavy atom. The lowest BCUT2D eigenvalue weighted by Gasteiger charge is -2.16. The molecule has 0 aromatic heterocycles. The predicted octanol–water partition coefficient (Wildman–Crippen LogP) is 3.23. The summed E-state index contributed by atoms with van der Waals surface area (Å²) >= 11 is 0. The summed E-state index contributed by atoms with van der Waals surface area (Å²) in [4.78, 5) is 11.4. The predicted molar refractivity (Wildman–Crippen MR) is 67.0 cm³/mol. The summed E-state index contributed by atoms with van der Waals surface area (Å²) in [6, 6.07) is 7.12. The average molecular weight is 236 g/mol. The number of phenolic OH excluding ortho intramolecular Hbond substituents is 1. The van der Waals surface area contributed by atoms with E-state index in [4.69, 9.17) is 4.74 Å². The first-order chi connectivity index (χ1) is 8.17. The van der Waals surface area contributed by atoms with Crippen LogP contribution in [0.5, 0.6) is 5.75 Å². The molecule has 0 aliphatic rings. The zero-order chi connectivity index (χ0) is 12.7. The second-order valence-electron chi connectivity index (χ2n) is 4.21. The van der Waals surface area contributed by atoms with E-state index in [2.05, 4.69) is 6.92 Å². The molecule has 0 aliphatic carbocycles. The van der Waals surface area contributed by atoms with Crippen molar-refractivity contribution in [2.75, 3.05) is 7.11 Å². The van der Waals surface area contributed by atoms with Crippen LogP contribution < -0.4 is 0 Å². The standard InChI is InChI=1S/C14H20O3/c1-3-4-6-12(10-14(16)17-2)11-7-5-8-13(15)9-11/h5,7-9,12,15H,3-4,6,10H2,1-2H3. The molecule has 0 fully saturated rings. The summed E-state index contributed by atoms with van der Waals surface area (Å²) in [5, 5.41) is 9.46. The van der Waals surface area contributed by atoms with Crippen molar-refractivity contribution in [3.05, 3.63) is 29.8 Å². The van der Waals surface area contributed by atoms with E-state index in [9.17, 15) is 9.90 Å². The molecule has 0 saturated heterocycles. The van der Waals surface area contributed by atoms with Crippen LogP contribution in [0.4, 0.5) is 0 Å². The van der Waals surface area contributed by atoms with Gasteiger partial charge in [0.1, 0.15) is 5.75 Å². The topological polar surface area (TPSA) is 46.5 Å². The Labute approximate surface area is 102 Å². The Kier molecular flexibility index (Phi) is 5.53. The first-order valence-corrected chi connectivity index (χ1v) is 6.03. The zero-order valence-electron chi connectivity index (χ0n) is 10.5. The van der Waals surface area contributed by atoms with Gasteiger partial charge in [-0.05, 0) is 30.0 Å². The number of carbonyl (C=O) groups excluding carboxylic acids is 1. The molecule has 17 heavy (non-hydrogen) atoms. The van der Waals surface area contributed by atoms with Gasteiger partial charge in [0.05, 0.1) is 13.5 Å². The summed E-state index contributed by atoms with van der Waals surface area (Å²) in [6.07, 6.45) is 3.48. The lowest BCUT2D eigenvalue weighted by Crippen LogP contribution is -2.08. The molecule has 1 N–H and O–H groups in total. The third-order valence-corrected chi connectivity index (χ3v) is 2.89. The number of phenols is 1. The maximum Gasteiger partial charge on any atom is 0.306 e. The average Bonchev–Trinajstić information content (AvgIpc) is 2.34. The molecule has 0 bridgehead atoms. The summed E-state index contributed by atoms with van der Waals surface area (Å²) in [6.45, 7) is 2.12. The van der Waals surface area contributed by atoms with Gasteiger partial charge in [0.25, 0.3) is 0 Å². The van der Waals surface area contributed by atoms with Crippen molar-refractivity contribution < 1.29 is 14.6 Å². The highest BCUT2D eigenvalue weighted by molar-refractivity contribution is 5.70. The maximum absolute atomic E-state index is 11.4. The first kappa shape index (κ1) is 13.6. The van der Waals surface area contributed by atoms with Gasteiger partial charge in [-0.1, -0.05) is 31.9 Å². The minimum atomic E-state index is -0.200. The van der Waals surface area contributed by atoms with Gasteiger partial charge >= 0.3 is 5.97 Å². The van der Waals surface area contributed by atoms with Crippen LogP contribution in [0.1, 0.15) is 44.1 Å². The molecule has 94 valence electrons. The van der Waals surface area contributed by atoms with Crippen LogP contribution in [-0.4, -0.2) is 18.2 Å². The minimum absolute atomic E-state index is 0.134. The molecule has 0 saturated carbocycles. The third-order valence-electron chi connectivity index (χ3n) is 2.89. The van der Waals surface area contributed by atoms with Gasteiger partial charge in [0.2, 0.25) is 0 Å². The summed E-state index contributed by atoms with van der Waals surface area (Å²) in [7, 11) is 1.40. The quantitative estimate of drug-likeness (QED) is 0.771. The first-order valence-electron chi connectivity index (χ1n) is 6.03. The van der Waals surface area contributed by atoms with Gasteiger partial charge < -0.3 is 9.84 Å². The Balaban J connectivity index is 2.77. The highest BCUT2D eigenvalue weighted by atomic mass is 16.5. The largest absolute Gasteiger partial charge is 0.508 e. The van der Waals surface area contributed by atoms with Crippen LogP contribution in [-0.2, 0) is 9.53 Å². The fourth-order valence-electron chi connectivity index (χ4n) is 1.90. The van der Waals surface area contributed by atoms with Gasteiger partial charge in [-0.15, -0.1) is 0 Å². The number of esters is 1. The van der Waals surface area contributed by atoms with Crippen molar-refractivity contribution in [3.63, 3.8) is 0 Å². The maximum atomic E-state index is 11.4. The third kappa shape index (κ3) is 4.47. The molecule has 1 atom stereocenters. The van der Waals surface area contributed by atoms with E-state index < -0.39 is 0 Å². The molecule has 1 aromatic rings. The van der Waals surface area contributed by atoms with E-state index in [0.717, 1.165) is 24.8 Å². The van der Waals surface area contributed by atoms with Crippen molar-refractivity contribution >= 4 is 5.97 Å². The lowest BCUT2D eigenvalue weighted by molar-refractivity contribution is -0.141. The van der Waals surface area contributed by atoms with Gasteiger partial charge in [-0.3, -0.25) is 4.79 Å². The van der Waals surface area contributed by atoms with E-state index in [-0.39, 0.29) is 17.6 Å². The molecule has 0 radical (unpaired) electrons. The van der Waals surface area contributed by atoms with Crippen molar-refractivity contribution in [2.45, 2.75) is 38.5 Å². The van der Waals surface area contributed by atoms with Crippen LogP contribution in [0.15, 0.2) is 24.3 Å². The van der Waals surface area contributed by atoms with Crippen LogP contribution in [0, 0.1) is 0 Å². The van der Waals surface area contributed by atoms with Crippen LogP contribution in [0.2, 0.25) is 0 Å². The van der Waals surface area contributed by atoms with Crippen molar-refractivity contribution in [1.82, 2.24) is 0 Å². The molecule has 1 unspecified atom stereocenters. The summed E-state index contributed by atoms with van der Waals surface area (Å²) < 4.78 is 4.71. The number of hydrogen-bond acceptors (Lipinski definition) is 3. The highest BCUT2D eigenvalue weighted by Gasteiger charge is 2.16. The molecule has 0 heterocycles. The fourth-order valence-corrected chi connectivity index (χ4v) is 1.90. The Morgan fingerprint density at radius 3 is 2.82 bits per heavy atom. The molecule has 1 rings (SSSR count). The molecule has 3 nitrogen and oxygen atoms in total. The number of carbonyl (C=O) groups is 1. The van der Waals surface area contributed by atoms with Crippen molar-refractivity contribution in [2.24, 2.45) is 0 Å². The van der Waals surface area contributed by atoms with E-state index in [1.807, 2.05) is 6.07 Å². The molecular formula is C14H20O3. The SMILES string of the molecule is CCCCC(CC(=O)OC)c1cccc(O)c1. The highest BCUT2D eigenvalue weighted by Crippen LogP contribution is 2.28. The molecule has 0 aliphatic heterocycles. The minimum Gasteiger partial charge on any atom is -0.508 e. The summed E-state index contributed by atoms with van der Waals surface area (Å²) in [5.74, 6) is 0.179. The monoisotopic (exact) mass is 236 g/mol. The normalized spacial score (nSPS) is 12.1. The molecule has 3 heteroatoms. The number of benzene rings is 1. The van der Waals surface area contributed by atoms with Gasteiger partial charge in [0.15, 0.2) is 0 Å². The Morgan fingerprint density at radius 1 is 1.47 bits per heavy atom.